The second-order valence-corrected chi connectivity index (χ2v) is 7.43. The summed E-state index contributed by atoms with van der Waals surface area (Å²) in [5.41, 5.74) is -0.935. The number of unbranched alkanes of at least 4 members (excludes halogenated alkanes) is 2. The minimum absolute atomic E-state index is 0.0388. The summed E-state index contributed by atoms with van der Waals surface area (Å²) in [6.45, 7) is 2.90. The van der Waals surface area contributed by atoms with Gasteiger partial charge in [0.2, 0.25) is 0 Å². The van der Waals surface area contributed by atoms with E-state index in [1.807, 2.05) is 0 Å². The Morgan fingerprint density at radius 2 is 1.91 bits per heavy atom. The molecule has 2 amide bonds. The maximum atomic E-state index is 13.3. The van der Waals surface area contributed by atoms with Gasteiger partial charge in [-0.3, -0.25) is 9.59 Å². The largest absolute Gasteiger partial charge is 0.417 e. The van der Waals surface area contributed by atoms with Crippen molar-refractivity contribution in [3.05, 3.63) is 71.6 Å². The second-order valence-electron chi connectivity index (χ2n) is 7.43. The van der Waals surface area contributed by atoms with Gasteiger partial charge in [0.05, 0.1) is 23.4 Å². The molecular weight excluding hydrogens is 421 g/mol. The highest BCUT2D eigenvalue weighted by molar-refractivity contribution is 5.96. The molecule has 0 saturated heterocycles. The highest BCUT2D eigenvalue weighted by Gasteiger charge is 2.36. The zero-order valence-corrected chi connectivity index (χ0v) is 17.7. The number of halogens is 3. The van der Waals surface area contributed by atoms with Gasteiger partial charge >= 0.3 is 6.18 Å². The van der Waals surface area contributed by atoms with Gasteiger partial charge < -0.3 is 15.1 Å². The summed E-state index contributed by atoms with van der Waals surface area (Å²) in [5, 5.41) is 2.84. The fourth-order valence-electron chi connectivity index (χ4n) is 3.34. The van der Waals surface area contributed by atoms with Crippen LogP contribution >= 0.6 is 0 Å². The molecule has 0 radical (unpaired) electrons. The van der Waals surface area contributed by atoms with Crippen molar-refractivity contribution in [2.75, 3.05) is 24.7 Å². The molecule has 1 aliphatic heterocycles. The molecule has 1 aliphatic rings. The Bertz CT molecular complexity index is 974. The van der Waals surface area contributed by atoms with E-state index < -0.39 is 23.2 Å². The van der Waals surface area contributed by atoms with Gasteiger partial charge in [0.15, 0.2) is 0 Å². The Hall–Kier alpha value is -3.36. The van der Waals surface area contributed by atoms with Crippen LogP contribution in [-0.4, -0.2) is 41.5 Å². The van der Waals surface area contributed by atoms with Crippen molar-refractivity contribution in [1.29, 1.82) is 0 Å². The van der Waals surface area contributed by atoms with Crippen LogP contribution in [0.2, 0.25) is 0 Å². The van der Waals surface area contributed by atoms with Crippen LogP contribution in [0.5, 0.6) is 0 Å². The van der Waals surface area contributed by atoms with E-state index in [9.17, 15) is 22.8 Å². The summed E-state index contributed by atoms with van der Waals surface area (Å²) in [4.78, 5) is 32.2. The first-order valence-electron chi connectivity index (χ1n) is 10.4. The molecule has 0 atom stereocenters. The zero-order chi connectivity index (χ0) is 23.1. The van der Waals surface area contributed by atoms with Gasteiger partial charge in [-0.1, -0.05) is 31.9 Å². The highest BCUT2D eigenvalue weighted by atomic mass is 19.4. The summed E-state index contributed by atoms with van der Waals surface area (Å²) in [5.74, 6) is -0.448. The number of hydrogen-bond acceptors (Lipinski definition) is 4. The molecule has 0 aliphatic carbocycles. The van der Waals surface area contributed by atoms with Gasteiger partial charge in [0.1, 0.15) is 5.82 Å². The van der Waals surface area contributed by atoms with Gasteiger partial charge in [-0.05, 0) is 36.8 Å². The van der Waals surface area contributed by atoms with Gasteiger partial charge in [0, 0.05) is 25.5 Å². The molecule has 3 rings (SSSR count). The highest BCUT2D eigenvalue weighted by Crippen LogP contribution is 2.32. The maximum absolute atomic E-state index is 13.3. The van der Waals surface area contributed by atoms with E-state index in [0.717, 1.165) is 25.3 Å². The lowest BCUT2D eigenvalue weighted by Crippen LogP contribution is -2.43. The van der Waals surface area contributed by atoms with Crippen molar-refractivity contribution >= 4 is 17.6 Å². The van der Waals surface area contributed by atoms with Crippen LogP contribution in [0.15, 0.2) is 54.9 Å². The number of nitrogens with one attached hydrogen (secondary N) is 1. The van der Waals surface area contributed by atoms with Crippen LogP contribution in [0.25, 0.3) is 0 Å². The number of pyridine rings is 1. The van der Waals surface area contributed by atoms with E-state index >= 15 is 0 Å². The fourth-order valence-corrected chi connectivity index (χ4v) is 3.34. The third-order valence-electron chi connectivity index (χ3n) is 5.05. The SMILES string of the molecule is CCCCCNC(=O)c1ccc(N2C=CCN(C(=O)c3ccccc3C(F)(F)F)C2)nc1. The van der Waals surface area contributed by atoms with Gasteiger partial charge in [-0.15, -0.1) is 0 Å². The first-order chi connectivity index (χ1) is 15.3. The first-order valence-corrected chi connectivity index (χ1v) is 10.4. The average Bonchev–Trinajstić information content (AvgIpc) is 2.81. The molecule has 0 unspecified atom stereocenters. The Morgan fingerprint density at radius 1 is 1.12 bits per heavy atom. The third kappa shape index (κ3) is 5.66. The predicted octanol–water partition coefficient (Wildman–Crippen LogP) is 4.45. The molecule has 0 saturated carbocycles. The summed E-state index contributed by atoms with van der Waals surface area (Å²) >= 11 is 0. The average molecular weight is 446 g/mol. The Labute approximate surface area is 184 Å². The monoisotopic (exact) mass is 446 g/mol. The molecule has 0 fully saturated rings. The number of rotatable bonds is 7. The van der Waals surface area contributed by atoms with E-state index in [1.54, 1.807) is 29.3 Å². The number of alkyl halides is 3. The van der Waals surface area contributed by atoms with Crippen LogP contribution in [-0.2, 0) is 6.18 Å². The number of carbonyl (C=O) groups excluding carboxylic acids is 2. The Morgan fingerprint density at radius 3 is 2.59 bits per heavy atom. The molecular formula is C23H25F3N4O2. The lowest BCUT2D eigenvalue weighted by Gasteiger charge is -2.32. The second kappa shape index (κ2) is 10.3. The molecule has 2 heterocycles. The van der Waals surface area contributed by atoms with Crippen LogP contribution in [0.3, 0.4) is 0 Å². The fraction of sp³-hybridized carbons (Fsp3) is 0.348. The van der Waals surface area contributed by atoms with Gasteiger partial charge in [-0.25, -0.2) is 4.98 Å². The molecule has 0 bridgehead atoms. The topological polar surface area (TPSA) is 65.5 Å². The molecule has 1 aromatic heterocycles. The Balaban J connectivity index is 1.68. The summed E-state index contributed by atoms with van der Waals surface area (Å²) in [6.07, 6.45) is 3.23. The van der Waals surface area contributed by atoms with Crippen LogP contribution in [0.4, 0.5) is 19.0 Å². The van der Waals surface area contributed by atoms with Crippen LogP contribution in [0.1, 0.15) is 52.5 Å². The molecule has 1 aromatic carbocycles. The minimum Gasteiger partial charge on any atom is -0.352 e. The smallest absolute Gasteiger partial charge is 0.352 e. The number of carbonyl (C=O) groups is 2. The van der Waals surface area contributed by atoms with Crippen molar-refractivity contribution in [3.8, 4) is 0 Å². The standard InChI is InChI=1S/C23H25F3N4O2/c1-2-3-6-12-27-21(31)17-10-11-20(28-15-17)29-13-7-14-30(16-29)22(32)18-8-4-5-9-19(18)23(24,25)26/h4-5,7-11,13,15H,2-3,6,12,14,16H2,1H3,(H,27,31). The minimum atomic E-state index is -4.62. The molecule has 170 valence electrons. The van der Waals surface area contributed by atoms with Crippen molar-refractivity contribution < 1.29 is 22.8 Å². The normalized spacial score (nSPS) is 13.9. The van der Waals surface area contributed by atoms with Crippen molar-refractivity contribution in [2.24, 2.45) is 0 Å². The quantitative estimate of drug-likeness (QED) is 0.638. The number of hydrogen-bond donors (Lipinski definition) is 1. The molecule has 2 aromatic rings. The predicted molar refractivity (Wildman–Crippen MR) is 115 cm³/mol. The number of anilines is 1. The summed E-state index contributed by atoms with van der Waals surface area (Å²) in [6, 6.07) is 8.02. The number of amides is 2. The maximum Gasteiger partial charge on any atom is 0.417 e. The Kier molecular flexibility index (Phi) is 7.50. The summed E-state index contributed by atoms with van der Waals surface area (Å²) in [7, 11) is 0. The molecule has 1 N–H and O–H groups in total. The molecule has 9 heteroatoms. The van der Waals surface area contributed by atoms with E-state index in [1.165, 1.54) is 29.3 Å². The van der Waals surface area contributed by atoms with Gasteiger partial charge in [-0.2, -0.15) is 13.2 Å². The lowest BCUT2D eigenvalue weighted by atomic mass is 10.1. The van der Waals surface area contributed by atoms with E-state index in [4.69, 9.17) is 0 Å². The molecule has 0 spiro atoms. The zero-order valence-electron chi connectivity index (χ0n) is 17.7. The van der Waals surface area contributed by atoms with Gasteiger partial charge in [0.25, 0.3) is 11.8 Å². The summed E-state index contributed by atoms with van der Waals surface area (Å²) < 4.78 is 39.9. The van der Waals surface area contributed by atoms with Crippen molar-refractivity contribution in [2.45, 2.75) is 32.4 Å². The molecule has 6 nitrogen and oxygen atoms in total. The van der Waals surface area contributed by atoms with Crippen molar-refractivity contribution in [1.82, 2.24) is 15.2 Å². The van der Waals surface area contributed by atoms with Crippen LogP contribution in [0, 0.1) is 0 Å². The number of nitrogens with zero attached hydrogens (tertiary/aromatic N) is 3. The number of aromatic nitrogens is 1. The lowest BCUT2D eigenvalue weighted by molar-refractivity contribution is -0.138. The van der Waals surface area contributed by atoms with Crippen molar-refractivity contribution in [3.63, 3.8) is 0 Å². The number of benzene rings is 1. The first kappa shape index (κ1) is 23.3. The van der Waals surface area contributed by atoms with E-state index in [0.29, 0.717) is 17.9 Å². The third-order valence-corrected chi connectivity index (χ3v) is 5.05. The van der Waals surface area contributed by atoms with Crippen LogP contribution < -0.4 is 10.2 Å². The van der Waals surface area contributed by atoms with E-state index in [-0.39, 0.29) is 19.1 Å². The van der Waals surface area contributed by atoms with E-state index in [2.05, 4.69) is 17.2 Å². The molecule has 32 heavy (non-hydrogen) atoms.